The average Bonchev–Trinajstić information content (AvgIpc) is 2.69. The van der Waals surface area contributed by atoms with Crippen LogP contribution in [0.4, 0.5) is 14.7 Å². The Labute approximate surface area is 96.7 Å². The predicted octanol–water partition coefficient (Wildman–Crippen LogP) is 0.0832. The maximum Gasteiger partial charge on any atom is 0.569 e. The van der Waals surface area contributed by atoms with Crippen LogP contribution in [0.1, 0.15) is 0 Å². The molecule has 17 heavy (non-hydrogen) atoms. The van der Waals surface area contributed by atoms with E-state index in [1.165, 1.54) is 12.4 Å². The highest BCUT2D eigenvalue weighted by atomic mass is 19.3. The van der Waals surface area contributed by atoms with E-state index in [4.69, 9.17) is 5.02 Å². The van der Waals surface area contributed by atoms with Gasteiger partial charge in [0, 0.05) is 13.1 Å². The van der Waals surface area contributed by atoms with Crippen molar-refractivity contribution in [3.05, 3.63) is 12.4 Å². The summed E-state index contributed by atoms with van der Waals surface area (Å²) in [5.74, 6) is -2.88. The number of rotatable bonds is 3. The number of hydrogen-bond donors (Lipinski definition) is 1. The van der Waals surface area contributed by atoms with E-state index in [0.29, 0.717) is 32.5 Å². The van der Waals surface area contributed by atoms with E-state index >= 15 is 0 Å². The van der Waals surface area contributed by atoms with Crippen molar-refractivity contribution in [2.75, 3.05) is 18.0 Å². The van der Waals surface area contributed by atoms with Gasteiger partial charge in [0.1, 0.15) is 5.75 Å². The van der Waals surface area contributed by atoms with Gasteiger partial charge in [0.25, 0.3) is 5.92 Å². The van der Waals surface area contributed by atoms with Crippen LogP contribution in [0.3, 0.4) is 0 Å². The summed E-state index contributed by atoms with van der Waals surface area (Å²) in [5, 5.41) is 8.40. The second-order valence-electron chi connectivity index (χ2n) is 4.23. The van der Waals surface area contributed by atoms with Gasteiger partial charge in [-0.1, -0.05) is 0 Å². The lowest BCUT2D eigenvalue weighted by atomic mass is 10.4. The molecule has 8 heteroatoms. The fraction of sp³-hybridized carbons (Fsp3) is 0.556. The summed E-state index contributed by atoms with van der Waals surface area (Å²) in [4.78, 5) is 9.73. The monoisotopic (exact) mass is 240 g/mol. The molecule has 0 amide bonds. The molecule has 5 nitrogen and oxygen atoms in total. The highest BCUT2D eigenvalue weighted by Crippen LogP contribution is 2.59. The Morgan fingerprint density at radius 1 is 1.35 bits per heavy atom. The average molecular weight is 240 g/mol. The minimum Gasteiger partial charge on any atom is -0.535 e. The second-order valence-corrected chi connectivity index (χ2v) is 4.23. The Morgan fingerprint density at radius 3 is 2.47 bits per heavy atom. The third-order valence-electron chi connectivity index (χ3n) is 3.29. The highest BCUT2D eigenvalue weighted by Gasteiger charge is 2.71. The lowest BCUT2D eigenvalue weighted by Gasteiger charge is -2.19. The molecule has 0 aromatic carbocycles. The minimum absolute atomic E-state index is 0.296. The van der Waals surface area contributed by atoms with Crippen molar-refractivity contribution in [2.45, 2.75) is 5.92 Å². The van der Waals surface area contributed by atoms with Crippen LogP contribution < -0.4 is 9.55 Å². The first-order chi connectivity index (χ1) is 8.13. The van der Waals surface area contributed by atoms with Crippen LogP contribution in [0.5, 0.6) is 5.75 Å². The summed E-state index contributed by atoms with van der Waals surface area (Å²) in [6, 6.07) is 0. The number of piperidine rings is 1. The van der Waals surface area contributed by atoms with E-state index in [1.807, 2.05) is 0 Å². The fourth-order valence-electron chi connectivity index (χ4n) is 2.27. The largest absolute Gasteiger partial charge is 0.569 e. The molecule has 1 aliphatic carbocycles. The Balaban J connectivity index is 1.67. The minimum atomic E-state index is -2.49. The van der Waals surface area contributed by atoms with Crippen LogP contribution in [-0.2, 0) is 0 Å². The summed E-state index contributed by atoms with van der Waals surface area (Å²) in [5.41, 5.74) is 0. The topological polar surface area (TPSA) is 58.5 Å². The van der Waals surface area contributed by atoms with E-state index in [2.05, 4.69) is 14.6 Å². The summed E-state index contributed by atoms with van der Waals surface area (Å²) in [6.45, 7) is 0.591. The van der Waals surface area contributed by atoms with E-state index in [1.54, 1.807) is 4.90 Å². The number of anilines is 1. The molecule has 3 rings (SSSR count). The zero-order valence-corrected chi connectivity index (χ0v) is 8.75. The first kappa shape index (κ1) is 10.7. The Hall–Kier alpha value is -1.44. The van der Waals surface area contributed by atoms with Crippen molar-refractivity contribution >= 4 is 13.6 Å². The van der Waals surface area contributed by atoms with Crippen LogP contribution in [-0.4, -0.2) is 41.7 Å². The number of alkyl halides is 2. The van der Waals surface area contributed by atoms with E-state index < -0.39 is 17.8 Å². The molecule has 0 bridgehead atoms. The fourth-order valence-corrected chi connectivity index (χ4v) is 2.27. The molecule has 1 aliphatic heterocycles. The normalized spacial score (nSPS) is 28.8. The lowest BCUT2D eigenvalue weighted by molar-refractivity contribution is 0.0796. The number of aromatic nitrogens is 2. The van der Waals surface area contributed by atoms with E-state index in [-0.39, 0.29) is 0 Å². The van der Waals surface area contributed by atoms with Gasteiger partial charge in [-0.25, -0.2) is 18.7 Å². The van der Waals surface area contributed by atoms with E-state index in [0.717, 1.165) is 0 Å². The van der Waals surface area contributed by atoms with Crippen LogP contribution in [0.25, 0.3) is 0 Å². The number of nitrogens with zero attached hydrogens (tertiary/aromatic N) is 3. The predicted molar refractivity (Wildman–Crippen MR) is 54.8 cm³/mol. The van der Waals surface area contributed by atoms with Gasteiger partial charge in [-0.2, -0.15) is 0 Å². The van der Waals surface area contributed by atoms with Crippen molar-refractivity contribution in [3.63, 3.8) is 0 Å². The Kier molecular flexibility index (Phi) is 2.22. The number of hydrogen-bond acceptors (Lipinski definition) is 5. The molecule has 2 unspecified atom stereocenters. The van der Waals surface area contributed by atoms with Gasteiger partial charge in [-0.15, -0.1) is 0 Å². The van der Waals surface area contributed by atoms with Crippen LogP contribution in [0.15, 0.2) is 12.4 Å². The van der Waals surface area contributed by atoms with Gasteiger partial charge < -0.3 is 14.6 Å². The van der Waals surface area contributed by atoms with Crippen LogP contribution in [0.2, 0.25) is 0 Å². The van der Waals surface area contributed by atoms with Crippen LogP contribution >= 0.6 is 0 Å². The number of fused-ring (bicyclic) bond motifs is 1. The molecule has 1 aromatic rings. The Morgan fingerprint density at radius 2 is 1.94 bits per heavy atom. The summed E-state index contributed by atoms with van der Waals surface area (Å²) in [6.07, 6.45) is 2.77. The Bertz CT molecular complexity index is 417. The van der Waals surface area contributed by atoms with Gasteiger partial charge in [0.15, 0.2) is 0 Å². The van der Waals surface area contributed by atoms with Gasteiger partial charge in [0.05, 0.1) is 24.2 Å². The zero-order valence-electron chi connectivity index (χ0n) is 8.75. The van der Waals surface area contributed by atoms with E-state index in [9.17, 15) is 8.78 Å². The maximum absolute atomic E-state index is 13.0. The third-order valence-corrected chi connectivity index (χ3v) is 3.29. The van der Waals surface area contributed by atoms with Crippen molar-refractivity contribution in [1.29, 1.82) is 0 Å². The standard InChI is InChI=1S/C9H9BF2N3O2/c11-9(12)6-3-15(4-7(6)9)8-13-1-5(2-14-8)17-10-16/h1-2,6-7,16H,3-4H2. The maximum atomic E-state index is 13.0. The molecule has 0 spiro atoms. The molecule has 2 atom stereocenters. The molecule has 1 saturated heterocycles. The van der Waals surface area contributed by atoms with Crippen molar-refractivity contribution in [3.8, 4) is 5.75 Å². The van der Waals surface area contributed by atoms with Gasteiger partial charge in [-0.05, 0) is 0 Å². The number of halogens is 2. The van der Waals surface area contributed by atoms with Gasteiger partial charge in [-0.3, -0.25) is 0 Å². The van der Waals surface area contributed by atoms with Crippen LogP contribution in [0, 0.1) is 11.8 Å². The highest BCUT2D eigenvalue weighted by molar-refractivity contribution is 6.17. The molecule has 1 aromatic heterocycles. The van der Waals surface area contributed by atoms with Crippen molar-refractivity contribution in [1.82, 2.24) is 9.97 Å². The molecule has 2 heterocycles. The quantitative estimate of drug-likeness (QED) is 0.758. The molecule has 1 N–H and O–H groups in total. The molecule has 1 saturated carbocycles. The summed E-state index contributed by atoms with van der Waals surface area (Å²) < 4.78 is 30.6. The lowest BCUT2D eigenvalue weighted by Crippen LogP contribution is -2.28. The van der Waals surface area contributed by atoms with Crippen molar-refractivity contribution < 1.29 is 18.5 Å². The smallest absolute Gasteiger partial charge is 0.535 e. The summed E-state index contributed by atoms with van der Waals surface area (Å²) >= 11 is 0. The molecular formula is C9H9BF2N3O2. The molecule has 1 radical (unpaired) electrons. The first-order valence-electron chi connectivity index (χ1n) is 5.20. The SMILES string of the molecule is O[B]Oc1cnc(N2CC3C(C2)C3(F)F)nc1. The molecule has 89 valence electrons. The molecule has 2 aliphatic rings. The van der Waals surface area contributed by atoms with Gasteiger partial charge in [0.2, 0.25) is 5.95 Å². The second kappa shape index (κ2) is 3.53. The zero-order chi connectivity index (χ0) is 12.0. The molecule has 2 fully saturated rings. The summed E-state index contributed by atoms with van der Waals surface area (Å²) in [7, 11) is 0.532. The van der Waals surface area contributed by atoms with Gasteiger partial charge >= 0.3 is 7.69 Å². The first-order valence-corrected chi connectivity index (χ1v) is 5.20. The molecular weight excluding hydrogens is 231 g/mol. The van der Waals surface area contributed by atoms with Crippen molar-refractivity contribution in [2.24, 2.45) is 11.8 Å². The third kappa shape index (κ3) is 1.63.